The van der Waals surface area contributed by atoms with E-state index in [1.807, 2.05) is 29.6 Å². The SMILES string of the molecule is C#CCC(N)C(=O)Nc1ccc2sccc2c1. The van der Waals surface area contributed by atoms with Crippen molar-refractivity contribution in [2.24, 2.45) is 5.73 Å². The van der Waals surface area contributed by atoms with Gasteiger partial charge in [0.05, 0.1) is 6.04 Å². The third-order valence-electron chi connectivity index (χ3n) is 2.39. The van der Waals surface area contributed by atoms with Gasteiger partial charge in [0, 0.05) is 16.8 Å². The van der Waals surface area contributed by atoms with Crippen LogP contribution in [0.4, 0.5) is 5.69 Å². The molecule has 0 saturated carbocycles. The second-order valence-electron chi connectivity index (χ2n) is 3.68. The first-order valence-corrected chi connectivity index (χ1v) is 6.06. The minimum Gasteiger partial charge on any atom is -0.325 e. The molecule has 2 rings (SSSR count). The largest absolute Gasteiger partial charge is 0.325 e. The van der Waals surface area contributed by atoms with Gasteiger partial charge in [-0.25, -0.2) is 0 Å². The van der Waals surface area contributed by atoms with E-state index in [0.29, 0.717) is 0 Å². The van der Waals surface area contributed by atoms with Crippen LogP contribution in [-0.2, 0) is 4.79 Å². The van der Waals surface area contributed by atoms with Crippen molar-refractivity contribution in [3.05, 3.63) is 29.6 Å². The third-order valence-corrected chi connectivity index (χ3v) is 3.29. The van der Waals surface area contributed by atoms with Gasteiger partial charge in [-0.2, -0.15) is 0 Å². The molecule has 86 valence electrons. The van der Waals surface area contributed by atoms with Gasteiger partial charge in [0.1, 0.15) is 0 Å². The highest BCUT2D eigenvalue weighted by molar-refractivity contribution is 7.17. The second-order valence-corrected chi connectivity index (χ2v) is 4.62. The highest BCUT2D eigenvalue weighted by atomic mass is 32.1. The molecule has 0 radical (unpaired) electrons. The molecule has 1 atom stereocenters. The summed E-state index contributed by atoms with van der Waals surface area (Å²) in [5, 5.41) is 5.88. The van der Waals surface area contributed by atoms with Crippen LogP contribution in [0, 0.1) is 12.3 Å². The van der Waals surface area contributed by atoms with Crippen LogP contribution in [0.5, 0.6) is 0 Å². The highest BCUT2D eigenvalue weighted by Gasteiger charge is 2.12. The predicted molar refractivity (Wildman–Crippen MR) is 71.9 cm³/mol. The van der Waals surface area contributed by atoms with Crippen molar-refractivity contribution < 1.29 is 4.79 Å². The quantitative estimate of drug-likeness (QED) is 0.813. The molecule has 1 aromatic carbocycles. The maximum atomic E-state index is 11.6. The Hall–Kier alpha value is -1.83. The van der Waals surface area contributed by atoms with E-state index in [-0.39, 0.29) is 12.3 Å². The minimum atomic E-state index is -0.654. The predicted octanol–water partition coefficient (Wildman–Crippen LogP) is 2.19. The number of nitrogens with two attached hydrogens (primary N) is 1. The molecule has 1 heterocycles. The molecular weight excluding hydrogens is 232 g/mol. The fourth-order valence-corrected chi connectivity index (χ4v) is 2.27. The fraction of sp³-hybridized carbons (Fsp3) is 0.154. The summed E-state index contributed by atoms with van der Waals surface area (Å²) in [6.45, 7) is 0. The number of rotatable bonds is 3. The Kier molecular flexibility index (Phi) is 3.43. The molecule has 0 aliphatic rings. The normalized spacial score (nSPS) is 12.0. The molecule has 0 aliphatic heterocycles. The van der Waals surface area contributed by atoms with Gasteiger partial charge in [-0.3, -0.25) is 4.79 Å². The number of nitrogens with one attached hydrogen (secondary N) is 1. The Morgan fingerprint density at radius 1 is 1.53 bits per heavy atom. The molecule has 1 aromatic heterocycles. The molecule has 2 aromatic rings. The lowest BCUT2D eigenvalue weighted by atomic mass is 10.2. The molecule has 0 fully saturated rings. The maximum Gasteiger partial charge on any atom is 0.242 e. The first-order valence-electron chi connectivity index (χ1n) is 5.18. The zero-order valence-electron chi connectivity index (χ0n) is 9.14. The number of terminal acetylenes is 1. The Bertz CT molecular complexity index is 582. The van der Waals surface area contributed by atoms with E-state index >= 15 is 0 Å². The zero-order valence-corrected chi connectivity index (χ0v) is 9.96. The van der Waals surface area contributed by atoms with E-state index in [4.69, 9.17) is 12.2 Å². The van der Waals surface area contributed by atoms with E-state index in [1.54, 1.807) is 11.3 Å². The Balaban J connectivity index is 2.13. The monoisotopic (exact) mass is 244 g/mol. The van der Waals surface area contributed by atoms with Crippen molar-refractivity contribution in [2.45, 2.75) is 12.5 Å². The van der Waals surface area contributed by atoms with Gasteiger partial charge in [0.2, 0.25) is 5.91 Å². The first kappa shape index (κ1) is 11.6. The summed E-state index contributed by atoms with van der Waals surface area (Å²) in [6.07, 6.45) is 5.36. The summed E-state index contributed by atoms with van der Waals surface area (Å²) < 4.78 is 1.19. The minimum absolute atomic E-state index is 0.243. The van der Waals surface area contributed by atoms with E-state index in [9.17, 15) is 4.79 Å². The number of amides is 1. The van der Waals surface area contributed by atoms with Gasteiger partial charge in [0.15, 0.2) is 0 Å². The summed E-state index contributed by atoms with van der Waals surface area (Å²) in [4.78, 5) is 11.6. The number of thiophene rings is 1. The van der Waals surface area contributed by atoms with E-state index in [0.717, 1.165) is 11.1 Å². The van der Waals surface area contributed by atoms with Crippen LogP contribution in [0.3, 0.4) is 0 Å². The lowest BCUT2D eigenvalue weighted by Gasteiger charge is -2.09. The molecule has 0 spiro atoms. The zero-order chi connectivity index (χ0) is 12.3. The number of carbonyl (C=O) groups is 1. The number of fused-ring (bicyclic) bond motifs is 1. The summed E-state index contributed by atoms with van der Waals surface area (Å²) in [6, 6.07) is 7.11. The molecule has 4 heteroatoms. The first-order chi connectivity index (χ1) is 8.20. The summed E-state index contributed by atoms with van der Waals surface area (Å²) in [5.74, 6) is 2.12. The van der Waals surface area contributed by atoms with Crippen LogP contribution in [0.1, 0.15) is 6.42 Å². The van der Waals surface area contributed by atoms with Gasteiger partial charge in [-0.05, 0) is 35.0 Å². The van der Waals surface area contributed by atoms with Crippen LogP contribution in [0.15, 0.2) is 29.6 Å². The molecule has 1 amide bonds. The molecule has 3 nitrogen and oxygen atoms in total. The van der Waals surface area contributed by atoms with Crippen LogP contribution in [0.2, 0.25) is 0 Å². The molecule has 0 aliphatic carbocycles. The number of carbonyl (C=O) groups excluding carboxylic acids is 1. The Morgan fingerprint density at radius 3 is 3.12 bits per heavy atom. The van der Waals surface area contributed by atoms with Crippen molar-refractivity contribution in [3.63, 3.8) is 0 Å². The number of anilines is 1. The molecule has 0 saturated heterocycles. The van der Waals surface area contributed by atoms with Crippen molar-refractivity contribution >= 4 is 33.0 Å². The number of benzene rings is 1. The molecular formula is C13H12N2OS. The topological polar surface area (TPSA) is 55.1 Å². The molecule has 1 unspecified atom stereocenters. The third kappa shape index (κ3) is 2.64. The lowest BCUT2D eigenvalue weighted by Crippen LogP contribution is -2.35. The summed E-state index contributed by atoms with van der Waals surface area (Å²) in [5.41, 5.74) is 6.36. The van der Waals surface area contributed by atoms with E-state index < -0.39 is 6.04 Å². The van der Waals surface area contributed by atoms with Gasteiger partial charge in [-0.15, -0.1) is 23.7 Å². The van der Waals surface area contributed by atoms with Crippen LogP contribution in [0.25, 0.3) is 10.1 Å². The molecule has 3 N–H and O–H groups in total. The average Bonchev–Trinajstić information content (AvgIpc) is 2.76. The van der Waals surface area contributed by atoms with Crippen molar-refractivity contribution in [1.29, 1.82) is 0 Å². The van der Waals surface area contributed by atoms with E-state index in [2.05, 4.69) is 11.2 Å². The Labute approximate surface area is 104 Å². The van der Waals surface area contributed by atoms with Crippen LogP contribution < -0.4 is 11.1 Å². The summed E-state index contributed by atoms with van der Waals surface area (Å²) >= 11 is 1.67. The smallest absolute Gasteiger partial charge is 0.242 e. The second kappa shape index (κ2) is 5.00. The van der Waals surface area contributed by atoms with E-state index in [1.165, 1.54) is 4.70 Å². The van der Waals surface area contributed by atoms with Gasteiger partial charge in [0.25, 0.3) is 0 Å². The number of hydrogen-bond acceptors (Lipinski definition) is 3. The molecule has 0 bridgehead atoms. The van der Waals surface area contributed by atoms with Crippen molar-refractivity contribution in [1.82, 2.24) is 0 Å². The average molecular weight is 244 g/mol. The van der Waals surface area contributed by atoms with Crippen LogP contribution in [-0.4, -0.2) is 11.9 Å². The fourth-order valence-electron chi connectivity index (χ4n) is 1.50. The van der Waals surface area contributed by atoms with Crippen molar-refractivity contribution in [2.75, 3.05) is 5.32 Å². The van der Waals surface area contributed by atoms with Gasteiger partial charge in [-0.1, -0.05) is 0 Å². The maximum absolute atomic E-state index is 11.6. The Morgan fingerprint density at radius 2 is 2.35 bits per heavy atom. The lowest BCUT2D eigenvalue weighted by molar-refractivity contribution is -0.117. The molecule has 17 heavy (non-hydrogen) atoms. The van der Waals surface area contributed by atoms with Gasteiger partial charge >= 0.3 is 0 Å². The summed E-state index contributed by atoms with van der Waals surface area (Å²) in [7, 11) is 0. The van der Waals surface area contributed by atoms with Crippen LogP contribution >= 0.6 is 11.3 Å². The van der Waals surface area contributed by atoms with Gasteiger partial charge < -0.3 is 11.1 Å². The highest BCUT2D eigenvalue weighted by Crippen LogP contribution is 2.23. The number of hydrogen-bond donors (Lipinski definition) is 2. The standard InChI is InChI=1S/C13H12N2OS/c1-2-3-11(14)13(16)15-10-4-5-12-9(8-10)6-7-17-12/h1,4-8,11H,3,14H2,(H,15,16). The van der Waals surface area contributed by atoms with Crippen molar-refractivity contribution in [3.8, 4) is 12.3 Å².